The van der Waals surface area contributed by atoms with Crippen molar-refractivity contribution in [3.8, 4) is 11.1 Å². The second kappa shape index (κ2) is 4.06. The number of hydrogen-bond donors (Lipinski definition) is 2. The summed E-state index contributed by atoms with van der Waals surface area (Å²) in [7, 11) is 0. The van der Waals surface area contributed by atoms with Gasteiger partial charge in [0, 0.05) is 30.7 Å². The van der Waals surface area contributed by atoms with E-state index < -0.39 is 0 Å². The minimum atomic E-state index is -0.0565. The molecule has 2 N–H and O–H groups in total. The van der Waals surface area contributed by atoms with Crippen molar-refractivity contribution >= 4 is 16.8 Å². The largest absolute Gasteiger partial charge is 0.381 e. The van der Waals surface area contributed by atoms with Crippen LogP contribution in [-0.2, 0) is 4.74 Å². The molecule has 0 unspecified atom stereocenters. The predicted molar refractivity (Wildman–Crippen MR) is 71.0 cm³/mol. The Morgan fingerprint density at radius 3 is 3.11 bits per heavy atom. The lowest BCUT2D eigenvalue weighted by atomic mass is 10.0. The van der Waals surface area contributed by atoms with Crippen LogP contribution in [0.3, 0.4) is 0 Å². The number of hydrogen-bond acceptors (Lipinski definition) is 3. The topological polar surface area (TPSA) is 67.0 Å². The van der Waals surface area contributed by atoms with E-state index in [1.165, 1.54) is 11.1 Å². The maximum absolute atomic E-state index is 12.2. The molecule has 0 bridgehead atoms. The van der Waals surface area contributed by atoms with Crippen molar-refractivity contribution in [2.75, 3.05) is 19.8 Å². The van der Waals surface area contributed by atoms with Crippen molar-refractivity contribution in [2.45, 2.75) is 12.8 Å². The van der Waals surface area contributed by atoms with Gasteiger partial charge in [-0.05, 0) is 36.5 Å². The first kappa shape index (κ1) is 11.0. The van der Waals surface area contributed by atoms with Crippen LogP contribution < -0.4 is 5.32 Å². The lowest BCUT2D eigenvalue weighted by Gasteiger charge is -2.21. The summed E-state index contributed by atoms with van der Waals surface area (Å²) >= 11 is 0. The lowest BCUT2D eigenvalue weighted by molar-refractivity contribution is 0.0642. The van der Waals surface area contributed by atoms with E-state index in [1.54, 1.807) is 0 Å². The molecule has 0 atom stereocenters. The number of aromatic amines is 1. The first-order chi connectivity index (χ1) is 9.33. The Morgan fingerprint density at radius 1 is 1.42 bits per heavy atom. The molecule has 1 amide bonds. The number of nitrogens with zero attached hydrogens (tertiary/aromatic N) is 1. The predicted octanol–water partition coefficient (Wildman–Crippen LogP) is 1.70. The van der Waals surface area contributed by atoms with Crippen molar-refractivity contribution < 1.29 is 9.53 Å². The van der Waals surface area contributed by atoms with E-state index in [1.807, 2.05) is 6.07 Å². The van der Waals surface area contributed by atoms with Crippen LogP contribution in [0.25, 0.3) is 22.0 Å². The van der Waals surface area contributed by atoms with Gasteiger partial charge < -0.3 is 10.1 Å². The fourth-order valence-corrected chi connectivity index (χ4v) is 2.74. The van der Waals surface area contributed by atoms with Gasteiger partial charge in [-0.25, -0.2) is 0 Å². The molecule has 19 heavy (non-hydrogen) atoms. The van der Waals surface area contributed by atoms with Crippen molar-refractivity contribution in [3.63, 3.8) is 0 Å². The second-order valence-electron chi connectivity index (χ2n) is 5.28. The number of H-pyrrole nitrogens is 1. The fourth-order valence-electron chi connectivity index (χ4n) is 2.74. The summed E-state index contributed by atoms with van der Waals surface area (Å²) in [6, 6.07) is 4.10. The third kappa shape index (κ3) is 1.81. The summed E-state index contributed by atoms with van der Waals surface area (Å²) < 4.78 is 5.31. The van der Waals surface area contributed by atoms with Gasteiger partial charge in [0.2, 0.25) is 0 Å². The zero-order chi connectivity index (χ0) is 12.8. The number of aromatic nitrogens is 2. The molecule has 1 fully saturated rings. The summed E-state index contributed by atoms with van der Waals surface area (Å²) in [5.41, 5.74) is 3.90. The SMILES string of the molecule is O=C(NCC1CCOCC1)c1[nH]nc2c3cc-3cc12. The normalized spacial score (nSPS) is 17.7. The Labute approximate surface area is 110 Å². The minimum absolute atomic E-state index is 0.0565. The van der Waals surface area contributed by atoms with Crippen molar-refractivity contribution in [3.05, 3.63) is 17.8 Å². The Morgan fingerprint density at radius 2 is 2.26 bits per heavy atom. The zero-order valence-electron chi connectivity index (χ0n) is 10.5. The van der Waals surface area contributed by atoms with Crippen molar-refractivity contribution in [1.29, 1.82) is 0 Å². The molecular weight excluding hydrogens is 242 g/mol. The van der Waals surface area contributed by atoms with E-state index in [-0.39, 0.29) is 5.91 Å². The van der Waals surface area contributed by atoms with Gasteiger partial charge in [-0.3, -0.25) is 9.89 Å². The molecule has 98 valence electrons. The highest BCUT2D eigenvalue weighted by molar-refractivity contribution is 6.14. The number of amides is 1. The number of benzene rings is 1. The average Bonchev–Trinajstić information content (AvgIpc) is 2.93. The Hall–Kier alpha value is -1.88. The molecule has 0 saturated carbocycles. The maximum Gasteiger partial charge on any atom is 0.269 e. The highest BCUT2D eigenvalue weighted by Gasteiger charge is 2.25. The summed E-state index contributed by atoms with van der Waals surface area (Å²) in [5, 5.41) is 11.0. The number of carbonyl (C=O) groups is 1. The highest BCUT2D eigenvalue weighted by atomic mass is 16.5. The van der Waals surface area contributed by atoms with Crippen LogP contribution in [0.4, 0.5) is 0 Å². The molecular formula is C14H15N3O2. The minimum Gasteiger partial charge on any atom is -0.381 e. The smallest absolute Gasteiger partial charge is 0.269 e. The summed E-state index contributed by atoms with van der Waals surface area (Å²) in [6.07, 6.45) is 2.05. The van der Waals surface area contributed by atoms with Gasteiger partial charge in [0.1, 0.15) is 11.2 Å². The number of carbonyl (C=O) groups excluding carboxylic acids is 1. The Bertz CT molecular complexity index is 656. The van der Waals surface area contributed by atoms with Crippen LogP contribution in [-0.4, -0.2) is 35.9 Å². The molecule has 5 heteroatoms. The molecule has 1 saturated heterocycles. The first-order valence-electron chi connectivity index (χ1n) is 6.71. The molecule has 1 aromatic rings. The standard InChI is InChI=1S/C14H15N3O2/c18-14(15-7-8-1-3-19-4-2-8)13-11-6-9-5-10(9)12(11)16-17-13/h5-6,8H,1-4,7H2,(H,15,18)(H,16,17). The molecule has 5 nitrogen and oxygen atoms in total. The molecule has 2 aliphatic carbocycles. The molecule has 1 aromatic heterocycles. The van der Waals surface area contributed by atoms with E-state index in [9.17, 15) is 4.79 Å². The van der Waals surface area contributed by atoms with Crippen LogP contribution in [0.15, 0.2) is 12.1 Å². The lowest BCUT2D eigenvalue weighted by Crippen LogP contribution is -2.32. The first-order valence-corrected chi connectivity index (χ1v) is 6.71. The fraction of sp³-hybridized carbons (Fsp3) is 0.429. The van der Waals surface area contributed by atoms with Gasteiger partial charge in [0.05, 0.1) is 0 Å². The number of fused-ring (bicyclic) bond motifs is 3. The third-order valence-electron chi connectivity index (χ3n) is 4.01. The summed E-state index contributed by atoms with van der Waals surface area (Å²) in [6.45, 7) is 2.33. The van der Waals surface area contributed by atoms with Crippen LogP contribution in [0.5, 0.6) is 0 Å². The Balaban J connectivity index is 1.46. The second-order valence-corrected chi connectivity index (χ2v) is 5.28. The molecule has 3 aliphatic rings. The molecule has 1 aliphatic heterocycles. The van der Waals surface area contributed by atoms with E-state index in [0.29, 0.717) is 11.6 Å². The van der Waals surface area contributed by atoms with Gasteiger partial charge in [0.25, 0.3) is 5.91 Å². The quantitative estimate of drug-likeness (QED) is 0.750. The Kier molecular flexibility index (Phi) is 2.35. The number of rotatable bonds is 3. The van der Waals surface area contributed by atoms with Gasteiger partial charge in [-0.15, -0.1) is 0 Å². The number of ether oxygens (including phenoxy) is 1. The zero-order valence-corrected chi connectivity index (χ0v) is 10.5. The highest BCUT2D eigenvalue weighted by Crippen LogP contribution is 2.42. The van der Waals surface area contributed by atoms with E-state index in [4.69, 9.17) is 4.74 Å². The van der Waals surface area contributed by atoms with Crippen LogP contribution in [0, 0.1) is 5.92 Å². The van der Waals surface area contributed by atoms with E-state index >= 15 is 0 Å². The molecule has 0 radical (unpaired) electrons. The van der Waals surface area contributed by atoms with Crippen LogP contribution in [0.1, 0.15) is 23.3 Å². The summed E-state index contributed by atoms with van der Waals surface area (Å²) in [4.78, 5) is 12.2. The molecule has 2 heterocycles. The summed E-state index contributed by atoms with van der Waals surface area (Å²) in [5.74, 6) is 0.474. The van der Waals surface area contributed by atoms with Crippen LogP contribution >= 0.6 is 0 Å². The average molecular weight is 257 g/mol. The van der Waals surface area contributed by atoms with Crippen molar-refractivity contribution in [2.24, 2.45) is 5.92 Å². The van der Waals surface area contributed by atoms with E-state index in [2.05, 4.69) is 21.6 Å². The van der Waals surface area contributed by atoms with Crippen molar-refractivity contribution in [1.82, 2.24) is 15.5 Å². The van der Waals surface area contributed by atoms with E-state index in [0.717, 1.165) is 43.5 Å². The van der Waals surface area contributed by atoms with Crippen LogP contribution in [0.2, 0.25) is 0 Å². The van der Waals surface area contributed by atoms with Gasteiger partial charge in [-0.1, -0.05) is 0 Å². The van der Waals surface area contributed by atoms with Gasteiger partial charge >= 0.3 is 0 Å². The number of nitrogens with one attached hydrogen (secondary N) is 2. The third-order valence-corrected chi connectivity index (χ3v) is 4.01. The molecule has 4 rings (SSSR count). The monoisotopic (exact) mass is 257 g/mol. The maximum atomic E-state index is 12.2. The molecule has 0 aromatic carbocycles. The molecule has 0 spiro atoms. The van der Waals surface area contributed by atoms with Gasteiger partial charge in [-0.2, -0.15) is 5.10 Å². The van der Waals surface area contributed by atoms with Gasteiger partial charge in [0.15, 0.2) is 0 Å².